The lowest BCUT2D eigenvalue weighted by Gasteiger charge is -2.11. The lowest BCUT2D eigenvalue weighted by molar-refractivity contribution is 0.560. The summed E-state index contributed by atoms with van der Waals surface area (Å²) in [5.74, 6) is -1.19. The average molecular weight is 302 g/mol. The summed E-state index contributed by atoms with van der Waals surface area (Å²) in [6.45, 7) is 1.83. The molecule has 0 aliphatic rings. The minimum atomic E-state index is -0.596. The number of nitrogens with one attached hydrogen (secondary N) is 1. The second kappa shape index (κ2) is 5.76. The minimum Gasteiger partial charge on any atom is -0.379 e. The van der Waals surface area contributed by atoms with E-state index in [9.17, 15) is 8.78 Å². The van der Waals surface area contributed by atoms with Gasteiger partial charge in [-0.05, 0) is 36.8 Å². The van der Waals surface area contributed by atoms with Crippen molar-refractivity contribution >= 4 is 28.9 Å². The molecule has 2 aromatic rings. The van der Waals surface area contributed by atoms with Gasteiger partial charge in [0.1, 0.15) is 11.6 Å². The van der Waals surface area contributed by atoms with Crippen LogP contribution < -0.4 is 5.32 Å². The Kier molecular flexibility index (Phi) is 4.27. The smallest absolute Gasteiger partial charge is 0.131 e. The molecule has 19 heavy (non-hydrogen) atoms. The normalized spacial score (nSPS) is 10.6. The SMILES string of the molecule is Cc1cc(Cl)c(NCc2c(F)cccc2F)cc1Cl. The van der Waals surface area contributed by atoms with E-state index in [1.807, 2.05) is 6.92 Å². The van der Waals surface area contributed by atoms with Gasteiger partial charge < -0.3 is 5.32 Å². The second-order valence-electron chi connectivity index (χ2n) is 4.14. The van der Waals surface area contributed by atoms with E-state index in [0.29, 0.717) is 15.7 Å². The zero-order valence-electron chi connectivity index (χ0n) is 10.1. The van der Waals surface area contributed by atoms with Crippen molar-refractivity contribution in [2.75, 3.05) is 5.32 Å². The maximum absolute atomic E-state index is 13.5. The maximum atomic E-state index is 13.5. The highest BCUT2D eigenvalue weighted by atomic mass is 35.5. The number of benzene rings is 2. The second-order valence-corrected chi connectivity index (χ2v) is 4.95. The van der Waals surface area contributed by atoms with Crippen LogP contribution in [0.25, 0.3) is 0 Å². The molecule has 1 N–H and O–H groups in total. The molecule has 0 atom stereocenters. The van der Waals surface area contributed by atoms with E-state index in [4.69, 9.17) is 23.2 Å². The fraction of sp³-hybridized carbons (Fsp3) is 0.143. The topological polar surface area (TPSA) is 12.0 Å². The monoisotopic (exact) mass is 301 g/mol. The predicted molar refractivity (Wildman–Crippen MR) is 74.9 cm³/mol. The molecule has 0 spiro atoms. The molecule has 0 radical (unpaired) electrons. The summed E-state index contributed by atoms with van der Waals surface area (Å²) in [7, 11) is 0. The molecule has 0 bridgehead atoms. The molecule has 0 amide bonds. The molecule has 0 aliphatic carbocycles. The molecule has 2 rings (SSSR count). The zero-order chi connectivity index (χ0) is 14.0. The summed E-state index contributed by atoms with van der Waals surface area (Å²) in [6.07, 6.45) is 0. The van der Waals surface area contributed by atoms with E-state index in [1.54, 1.807) is 12.1 Å². The van der Waals surface area contributed by atoms with Gasteiger partial charge in [-0.2, -0.15) is 0 Å². The van der Waals surface area contributed by atoms with Crippen LogP contribution in [-0.2, 0) is 6.54 Å². The van der Waals surface area contributed by atoms with Crippen LogP contribution >= 0.6 is 23.2 Å². The van der Waals surface area contributed by atoms with Crippen molar-refractivity contribution in [1.82, 2.24) is 0 Å². The molecule has 0 aromatic heterocycles. The van der Waals surface area contributed by atoms with Gasteiger partial charge in [0.05, 0.1) is 10.7 Å². The van der Waals surface area contributed by atoms with Crippen molar-refractivity contribution in [2.24, 2.45) is 0 Å². The Labute approximate surface area is 120 Å². The van der Waals surface area contributed by atoms with Crippen LogP contribution in [0.1, 0.15) is 11.1 Å². The van der Waals surface area contributed by atoms with Gasteiger partial charge in [0.15, 0.2) is 0 Å². The Morgan fingerprint density at radius 3 is 2.32 bits per heavy atom. The highest BCUT2D eigenvalue weighted by molar-refractivity contribution is 6.35. The summed E-state index contributed by atoms with van der Waals surface area (Å²) in [6, 6.07) is 7.08. The summed E-state index contributed by atoms with van der Waals surface area (Å²) in [5.41, 5.74) is 1.35. The van der Waals surface area contributed by atoms with Crippen LogP contribution in [0.4, 0.5) is 14.5 Å². The van der Waals surface area contributed by atoms with Crippen LogP contribution in [0.3, 0.4) is 0 Å². The first-order chi connectivity index (χ1) is 8.99. The molecular weight excluding hydrogens is 291 g/mol. The Balaban J connectivity index is 2.22. The Morgan fingerprint density at radius 1 is 1.05 bits per heavy atom. The number of hydrogen-bond acceptors (Lipinski definition) is 1. The molecule has 0 saturated carbocycles. The Morgan fingerprint density at radius 2 is 1.68 bits per heavy atom. The fourth-order valence-electron chi connectivity index (χ4n) is 1.67. The van der Waals surface area contributed by atoms with Gasteiger partial charge in [-0.1, -0.05) is 29.3 Å². The first-order valence-electron chi connectivity index (χ1n) is 5.61. The van der Waals surface area contributed by atoms with Crippen molar-refractivity contribution < 1.29 is 8.78 Å². The summed E-state index contributed by atoms with van der Waals surface area (Å²) < 4.78 is 26.9. The molecular formula is C14H11Cl2F2N. The third-order valence-electron chi connectivity index (χ3n) is 2.77. The number of halogens is 4. The lowest BCUT2D eigenvalue weighted by Crippen LogP contribution is -2.05. The van der Waals surface area contributed by atoms with Crippen LogP contribution in [-0.4, -0.2) is 0 Å². The van der Waals surface area contributed by atoms with Gasteiger partial charge in [-0.3, -0.25) is 0 Å². The first kappa shape index (κ1) is 14.1. The van der Waals surface area contributed by atoms with Gasteiger partial charge in [-0.15, -0.1) is 0 Å². The zero-order valence-corrected chi connectivity index (χ0v) is 11.6. The van der Waals surface area contributed by atoms with Gasteiger partial charge in [-0.25, -0.2) is 8.78 Å². The van der Waals surface area contributed by atoms with Gasteiger partial charge in [0, 0.05) is 17.1 Å². The number of hydrogen-bond donors (Lipinski definition) is 1. The van der Waals surface area contributed by atoms with Crippen molar-refractivity contribution in [1.29, 1.82) is 0 Å². The highest BCUT2D eigenvalue weighted by Gasteiger charge is 2.10. The molecule has 1 nitrogen and oxygen atoms in total. The van der Waals surface area contributed by atoms with Crippen LogP contribution in [0, 0.1) is 18.6 Å². The minimum absolute atomic E-state index is 0.00236. The Bertz CT molecular complexity index is 594. The molecule has 0 heterocycles. The number of aryl methyl sites for hydroxylation is 1. The quantitative estimate of drug-likeness (QED) is 0.822. The van der Waals surface area contributed by atoms with E-state index in [-0.39, 0.29) is 12.1 Å². The molecule has 0 unspecified atom stereocenters. The maximum Gasteiger partial charge on any atom is 0.131 e. The van der Waals surface area contributed by atoms with Crippen LogP contribution in [0.5, 0.6) is 0 Å². The van der Waals surface area contributed by atoms with Crippen molar-refractivity contribution in [3.63, 3.8) is 0 Å². The number of rotatable bonds is 3. The van der Waals surface area contributed by atoms with E-state index in [0.717, 1.165) is 5.56 Å². The predicted octanol–water partition coefficient (Wildman–Crippen LogP) is 5.19. The summed E-state index contributed by atoms with van der Waals surface area (Å²) >= 11 is 12.0. The van der Waals surface area contributed by atoms with Gasteiger partial charge in [0.25, 0.3) is 0 Å². The third kappa shape index (κ3) is 3.17. The summed E-state index contributed by atoms with van der Waals surface area (Å²) in [5, 5.41) is 3.88. The van der Waals surface area contributed by atoms with E-state index >= 15 is 0 Å². The Hall–Kier alpha value is -1.32. The highest BCUT2D eigenvalue weighted by Crippen LogP contribution is 2.29. The van der Waals surface area contributed by atoms with E-state index in [2.05, 4.69) is 5.32 Å². The largest absolute Gasteiger partial charge is 0.379 e. The molecule has 5 heteroatoms. The van der Waals surface area contributed by atoms with Crippen LogP contribution in [0.15, 0.2) is 30.3 Å². The fourth-order valence-corrected chi connectivity index (χ4v) is 2.12. The molecule has 0 aliphatic heterocycles. The molecule has 0 saturated heterocycles. The molecule has 2 aromatic carbocycles. The van der Waals surface area contributed by atoms with E-state index < -0.39 is 11.6 Å². The van der Waals surface area contributed by atoms with Gasteiger partial charge >= 0.3 is 0 Å². The lowest BCUT2D eigenvalue weighted by atomic mass is 10.2. The van der Waals surface area contributed by atoms with Crippen molar-refractivity contribution in [2.45, 2.75) is 13.5 Å². The number of anilines is 1. The van der Waals surface area contributed by atoms with Crippen LogP contribution in [0.2, 0.25) is 10.0 Å². The third-order valence-corrected chi connectivity index (χ3v) is 3.49. The first-order valence-corrected chi connectivity index (χ1v) is 6.37. The molecule has 0 fully saturated rings. The van der Waals surface area contributed by atoms with Crippen molar-refractivity contribution in [3.8, 4) is 0 Å². The van der Waals surface area contributed by atoms with E-state index in [1.165, 1.54) is 18.2 Å². The standard InChI is InChI=1S/C14H11Cl2F2N/c1-8-5-11(16)14(6-10(8)15)19-7-9-12(17)3-2-4-13(9)18/h2-6,19H,7H2,1H3. The summed E-state index contributed by atoms with van der Waals surface area (Å²) in [4.78, 5) is 0. The van der Waals surface area contributed by atoms with Crippen molar-refractivity contribution in [3.05, 3.63) is 63.1 Å². The molecule has 100 valence electrons. The van der Waals surface area contributed by atoms with Gasteiger partial charge in [0.2, 0.25) is 0 Å². The average Bonchev–Trinajstić information content (AvgIpc) is 2.34.